The van der Waals surface area contributed by atoms with E-state index in [4.69, 9.17) is 4.74 Å². The molecule has 0 radical (unpaired) electrons. The van der Waals surface area contributed by atoms with Gasteiger partial charge in [-0.15, -0.1) is 11.3 Å². The summed E-state index contributed by atoms with van der Waals surface area (Å²) >= 11 is 1.36. The summed E-state index contributed by atoms with van der Waals surface area (Å²) in [6.45, 7) is 6.39. The maximum absolute atomic E-state index is 13.3. The zero-order valence-corrected chi connectivity index (χ0v) is 20.9. The van der Waals surface area contributed by atoms with E-state index in [1.165, 1.54) is 15.6 Å². The SMILES string of the molecule is CCOc1ccccc1NC(=O)c1cc2cc(N(CC)S(=O)(=O)c3ccc(C)cc3)ccc2s1. The lowest BCUT2D eigenvalue weighted by molar-refractivity contribution is 0.103. The Morgan fingerprint density at radius 3 is 2.44 bits per heavy atom. The molecule has 4 rings (SSSR count). The Bertz CT molecular complexity index is 1430. The summed E-state index contributed by atoms with van der Waals surface area (Å²) in [5, 5.41) is 3.72. The number of anilines is 2. The molecule has 34 heavy (non-hydrogen) atoms. The third kappa shape index (κ3) is 4.78. The van der Waals surface area contributed by atoms with Crippen LogP contribution in [0.5, 0.6) is 5.75 Å². The van der Waals surface area contributed by atoms with Gasteiger partial charge < -0.3 is 10.1 Å². The maximum atomic E-state index is 13.3. The van der Waals surface area contributed by atoms with Crippen molar-refractivity contribution in [2.24, 2.45) is 0 Å². The van der Waals surface area contributed by atoms with Gasteiger partial charge in [0.05, 0.1) is 27.8 Å². The van der Waals surface area contributed by atoms with E-state index in [0.717, 1.165) is 15.6 Å². The van der Waals surface area contributed by atoms with Crippen molar-refractivity contribution in [2.75, 3.05) is 22.8 Å². The summed E-state index contributed by atoms with van der Waals surface area (Å²) in [6, 6.07) is 21.4. The topological polar surface area (TPSA) is 75.7 Å². The number of hydrogen-bond acceptors (Lipinski definition) is 5. The number of amides is 1. The number of carbonyl (C=O) groups is 1. The minimum Gasteiger partial charge on any atom is -0.492 e. The van der Waals surface area contributed by atoms with Gasteiger partial charge in [-0.1, -0.05) is 29.8 Å². The van der Waals surface area contributed by atoms with Gasteiger partial charge in [-0.2, -0.15) is 0 Å². The highest BCUT2D eigenvalue weighted by Crippen LogP contribution is 2.33. The van der Waals surface area contributed by atoms with Crippen LogP contribution in [0.15, 0.2) is 77.7 Å². The molecule has 4 aromatic rings. The summed E-state index contributed by atoms with van der Waals surface area (Å²) in [7, 11) is -3.71. The minimum atomic E-state index is -3.71. The van der Waals surface area contributed by atoms with Gasteiger partial charge in [0.2, 0.25) is 0 Å². The van der Waals surface area contributed by atoms with Gasteiger partial charge in [0, 0.05) is 11.2 Å². The summed E-state index contributed by atoms with van der Waals surface area (Å²) in [5.74, 6) is 0.371. The van der Waals surface area contributed by atoms with Crippen LogP contribution in [0.3, 0.4) is 0 Å². The first-order chi connectivity index (χ1) is 16.3. The van der Waals surface area contributed by atoms with Crippen LogP contribution in [0.1, 0.15) is 29.1 Å². The molecule has 1 aromatic heterocycles. The fourth-order valence-electron chi connectivity index (χ4n) is 3.66. The van der Waals surface area contributed by atoms with Crippen molar-refractivity contribution in [2.45, 2.75) is 25.7 Å². The first-order valence-corrected chi connectivity index (χ1v) is 13.2. The zero-order valence-electron chi connectivity index (χ0n) is 19.2. The maximum Gasteiger partial charge on any atom is 0.265 e. The summed E-state index contributed by atoms with van der Waals surface area (Å²) < 4.78 is 34.4. The Morgan fingerprint density at radius 2 is 1.74 bits per heavy atom. The Hall–Kier alpha value is -3.36. The summed E-state index contributed by atoms with van der Waals surface area (Å²) in [5.41, 5.74) is 2.16. The molecule has 0 bridgehead atoms. The lowest BCUT2D eigenvalue weighted by Gasteiger charge is -2.23. The molecule has 6 nitrogen and oxygen atoms in total. The standard InChI is InChI=1S/C26H26N2O4S2/c1-4-28(34(30,31)21-13-10-18(3)11-14-21)20-12-15-24-19(16-20)17-25(33-24)26(29)27-22-8-6-7-9-23(22)32-5-2/h6-17H,4-5H2,1-3H3,(H,27,29). The summed E-state index contributed by atoms with van der Waals surface area (Å²) in [6.07, 6.45) is 0. The van der Waals surface area contributed by atoms with Gasteiger partial charge in [0.1, 0.15) is 5.75 Å². The normalized spacial score (nSPS) is 11.4. The fraction of sp³-hybridized carbons (Fsp3) is 0.192. The zero-order chi connectivity index (χ0) is 24.3. The molecule has 0 unspecified atom stereocenters. The third-order valence-electron chi connectivity index (χ3n) is 5.34. The lowest BCUT2D eigenvalue weighted by Crippen LogP contribution is -2.30. The smallest absolute Gasteiger partial charge is 0.265 e. The fourth-order valence-corrected chi connectivity index (χ4v) is 6.07. The highest BCUT2D eigenvalue weighted by atomic mass is 32.2. The largest absolute Gasteiger partial charge is 0.492 e. The molecule has 0 atom stereocenters. The van der Waals surface area contributed by atoms with Gasteiger partial charge in [-0.25, -0.2) is 8.42 Å². The van der Waals surface area contributed by atoms with E-state index in [-0.39, 0.29) is 17.3 Å². The molecule has 0 aliphatic rings. The van der Waals surface area contributed by atoms with Crippen molar-refractivity contribution in [1.82, 2.24) is 0 Å². The van der Waals surface area contributed by atoms with Gasteiger partial charge >= 0.3 is 0 Å². The van der Waals surface area contributed by atoms with E-state index >= 15 is 0 Å². The second-order valence-electron chi connectivity index (χ2n) is 7.70. The number of sulfonamides is 1. The van der Waals surface area contributed by atoms with Crippen molar-refractivity contribution in [3.05, 3.63) is 83.2 Å². The summed E-state index contributed by atoms with van der Waals surface area (Å²) in [4.78, 5) is 13.7. The molecule has 1 amide bonds. The van der Waals surface area contributed by atoms with Gasteiger partial charge in [-0.3, -0.25) is 9.10 Å². The average molecular weight is 495 g/mol. The number of hydrogen-bond donors (Lipinski definition) is 1. The number of benzene rings is 3. The molecule has 176 valence electrons. The number of nitrogens with zero attached hydrogens (tertiary/aromatic N) is 1. The predicted molar refractivity (Wildman–Crippen MR) is 139 cm³/mol. The van der Waals surface area contributed by atoms with Crippen LogP contribution in [0, 0.1) is 6.92 Å². The molecule has 0 aliphatic carbocycles. The number of nitrogens with one attached hydrogen (secondary N) is 1. The molecular formula is C26H26N2O4S2. The van der Waals surface area contributed by atoms with Crippen molar-refractivity contribution in [3.63, 3.8) is 0 Å². The van der Waals surface area contributed by atoms with Crippen LogP contribution in [0.4, 0.5) is 11.4 Å². The van der Waals surface area contributed by atoms with E-state index in [1.807, 2.05) is 44.2 Å². The number of carbonyl (C=O) groups excluding carboxylic acids is 1. The van der Waals surface area contributed by atoms with Crippen LogP contribution in [0.2, 0.25) is 0 Å². The minimum absolute atomic E-state index is 0.241. The number of fused-ring (bicyclic) bond motifs is 1. The van der Waals surface area contributed by atoms with Crippen molar-refractivity contribution in [3.8, 4) is 5.75 Å². The Kier molecular flexibility index (Phi) is 6.90. The average Bonchev–Trinajstić information content (AvgIpc) is 3.25. The van der Waals surface area contributed by atoms with Gasteiger partial charge in [-0.05, 0) is 74.7 Å². The molecule has 3 aromatic carbocycles. The van der Waals surface area contributed by atoms with Crippen LogP contribution in [-0.2, 0) is 10.0 Å². The molecule has 0 spiro atoms. The Labute approximate surface area is 203 Å². The number of ether oxygens (including phenoxy) is 1. The van der Waals surface area contributed by atoms with Crippen LogP contribution >= 0.6 is 11.3 Å². The van der Waals surface area contributed by atoms with Crippen molar-refractivity contribution in [1.29, 1.82) is 0 Å². The quantitative estimate of drug-likeness (QED) is 0.322. The molecular weight excluding hydrogens is 468 g/mol. The molecule has 8 heteroatoms. The van der Waals surface area contributed by atoms with Crippen molar-refractivity contribution >= 4 is 48.7 Å². The second-order valence-corrected chi connectivity index (χ2v) is 10.6. The predicted octanol–water partition coefficient (Wildman–Crippen LogP) is 6.08. The number of para-hydroxylation sites is 2. The molecule has 0 saturated heterocycles. The first-order valence-electron chi connectivity index (χ1n) is 11.0. The van der Waals surface area contributed by atoms with Crippen LogP contribution < -0.4 is 14.4 Å². The molecule has 1 heterocycles. The Balaban J connectivity index is 1.63. The van der Waals surface area contributed by atoms with E-state index in [0.29, 0.717) is 28.6 Å². The Morgan fingerprint density at radius 1 is 1.00 bits per heavy atom. The number of thiophene rings is 1. The highest BCUT2D eigenvalue weighted by molar-refractivity contribution is 7.92. The number of aryl methyl sites for hydroxylation is 1. The van der Waals surface area contributed by atoms with E-state index in [1.54, 1.807) is 49.4 Å². The highest BCUT2D eigenvalue weighted by Gasteiger charge is 2.24. The monoisotopic (exact) mass is 494 g/mol. The number of rotatable bonds is 8. The van der Waals surface area contributed by atoms with Gasteiger partial charge in [0.25, 0.3) is 15.9 Å². The molecule has 0 fully saturated rings. The van der Waals surface area contributed by atoms with E-state index in [9.17, 15) is 13.2 Å². The molecule has 0 saturated carbocycles. The van der Waals surface area contributed by atoms with E-state index < -0.39 is 10.0 Å². The van der Waals surface area contributed by atoms with E-state index in [2.05, 4.69) is 5.32 Å². The molecule has 1 N–H and O–H groups in total. The van der Waals surface area contributed by atoms with Crippen molar-refractivity contribution < 1.29 is 17.9 Å². The molecule has 0 aliphatic heterocycles. The lowest BCUT2D eigenvalue weighted by atomic mass is 10.2. The first kappa shape index (κ1) is 23.8. The third-order valence-corrected chi connectivity index (χ3v) is 8.37. The van der Waals surface area contributed by atoms with Gasteiger partial charge in [0.15, 0.2) is 0 Å². The van der Waals surface area contributed by atoms with Crippen LogP contribution in [0.25, 0.3) is 10.1 Å². The second kappa shape index (κ2) is 9.87. The van der Waals surface area contributed by atoms with Crippen LogP contribution in [-0.4, -0.2) is 27.5 Å².